The van der Waals surface area contributed by atoms with Crippen LogP contribution in [0.25, 0.3) is 22.3 Å². The van der Waals surface area contributed by atoms with E-state index in [0.29, 0.717) is 5.02 Å². The van der Waals surface area contributed by atoms with Crippen LogP contribution in [0, 0.1) is 12.3 Å². The van der Waals surface area contributed by atoms with E-state index in [0.717, 1.165) is 29.7 Å². The van der Waals surface area contributed by atoms with Gasteiger partial charge in [0, 0.05) is 34.1 Å². The lowest BCUT2D eigenvalue weighted by Crippen LogP contribution is -2.13. The fourth-order valence-electron chi connectivity index (χ4n) is 4.22. The van der Waals surface area contributed by atoms with Gasteiger partial charge in [-0.3, -0.25) is 0 Å². The third-order valence-corrected chi connectivity index (χ3v) is 6.65. The molecule has 0 bridgehead atoms. The molecular weight excluding hydrogens is 392 g/mol. The fourth-order valence-corrected chi connectivity index (χ4v) is 4.87. The highest BCUT2D eigenvalue weighted by molar-refractivity contribution is 7.89. The van der Waals surface area contributed by atoms with Gasteiger partial charge in [0.1, 0.15) is 0 Å². The molecule has 2 N–H and O–H groups in total. The van der Waals surface area contributed by atoms with Gasteiger partial charge in [0.25, 0.3) is 0 Å². The lowest BCUT2D eigenvalue weighted by atomic mass is 9.87. The molecule has 4 rings (SSSR count). The van der Waals surface area contributed by atoms with E-state index in [9.17, 15) is 8.42 Å². The normalized spacial score (nSPS) is 15.6. The Hall–Kier alpha value is -2.08. The second-order valence-corrected chi connectivity index (χ2v) is 10.3. The Morgan fingerprint density at radius 2 is 1.50 bits per heavy atom. The average molecular weight is 415 g/mol. The van der Waals surface area contributed by atoms with Crippen LogP contribution in [0.15, 0.2) is 53.4 Å². The van der Waals surface area contributed by atoms with Crippen LogP contribution in [0.2, 0.25) is 5.02 Å². The number of fused-ring (bicyclic) bond motifs is 1. The molecule has 1 aromatic heterocycles. The molecule has 28 heavy (non-hydrogen) atoms. The van der Waals surface area contributed by atoms with Crippen molar-refractivity contribution < 1.29 is 8.42 Å². The maximum absolute atomic E-state index is 11.6. The van der Waals surface area contributed by atoms with E-state index in [1.54, 1.807) is 12.1 Å². The fraction of sp³-hybridized carbons (Fsp3) is 0.273. The van der Waals surface area contributed by atoms with Gasteiger partial charge in [-0.15, -0.1) is 0 Å². The van der Waals surface area contributed by atoms with Gasteiger partial charge in [-0.25, -0.2) is 13.6 Å². The van der Waals surface area contributed by atoms with Crippen molar-refractivity contribution in [2.75, 3.05) is 0 Å². The van der Waals surface area contributed by atoms with Crippen LogP contribution < -0.4 is 5.14 Å². The number of primary sulfonamides is 1. The Kier molecular flexibility index (Phi) is 4.45. The van der Waals surface area contributed by atoms with Crippen molar-refractivity contribution in [3.63, 3.8) is 0 Å². The number of halogens is 1. The molecule has 0 saturated heterocycles. The van der Waals surface area contributed by atoms with Crippen molar-refractivity contribution in [1.29, 1.82) is 0 Å². The van der Waals surface area contributed by atoms with Gasteiger partial charge in [0.15, 0.2) is 0 Å². The van der Waals surface area contributed by atoms with Gasteiger partial charge in [-0.05, 0) is 54.2 Å². The first kappa shape index (κ1) is 19.2. The number of hydrogen-bond acceptors (Lipinski definition) is 2. The average Bonchev–Trinajstić information content (AvgIpc) is 3.06. The van der Waals surface area contributed by atoms with Crippen molar-refractivity contribution in [2.45, 2.75) is 38.6 Å². The van der Waals surface area contributed by atoms with Gasteiger partial charge >= 0.3 is 0 Å². The number of aromatic nitrogens is 1. The van der Waals surface area contributed by atoms with E-state index in [2.05, 4.69) is 25.3 Å². The number of rotatable bonds is 3. The third-order valence-electron chi connectivity index (χ3n) is 5.47. The van der Waals surface area contributed by atoms with Crippen molar-refractivity contribution >= 4 is 21.6 Å². The van der Waals surface area contributed by atoms with Gasteiger partial charge in [-0.2, -0.15) is 0 Å². The Morgan fingerprint density at radius 1 is 0.964 bits per heavy atom. The summed E-state index contributed by atoms with van der Waals surface area (Å²) in [6.45, 7) is 7.66. The van der Waals surface area contributed by atoms with E-state index in [4.69, 9.17) is 16.7 Å². The zero-order chi connectivity index (χ0) is 20.3. The molecule has 0 unspecified atom stereocenters. The standard InChI is InChI=1S/C22H23ClN2O2S/c1-14-20(15-4-8-17(23)9-5-15)21(19-12-22(2,3)13-25(14)19)16-6-10-18(11-7-16)28(24,26)27/h4-11H,12-13H2,1-3H3,(H2,24,26,27). The molecule has 2 heterocycles. The lowest BCUT2D eigenvalue weighted by molar-refractivity contribution is 0.357. The molecule has 3 aromatic rings. The largest absolute Gasteiger partial charge is 0.347 e. The monoisotopic (exact) mass is 414 g/mol. The molecule has 0 fully saturated rings. The van der Waals surface area contributed by atoms with Gasteiger partial charge < -0.3 is 4.57 Å². The zero-order valence-corrected chi connectivity index (χ0v) is 17.7. The molecule has 1 aliphatic rings. The Labute approximate surface area is 171 Å². The summed E-state index contributed by atoms with van der Waals surface area (Å²) in [5.74, 6) is 0. The van der Waals surface area contributed by atoms with Crippen molar-refractivity contribution in [2.24, 2.45) is 10.6 Å². The van der Waals surface area contributed by atoms with Crippen LogP contribution in [0.3, 0.4) is 0 Å². The maximum Gasteiger partial charge on any atom is 0.238 e. The number of nitrogens with two attached hydrogens (primary N) is 1. The summed E-state index contributed by atoms with van der Waals surface area (Å²) < 4.78 is 25.7. The Bertz CT molecular complexity index is 1160. The van der Waals surface area contributed by atoms with E-state index >= 15 is 0 Å². The maximum atomic E-state index is 11.6. The smallest absolute Gasteiger partial charge is 0.238 e. The SMILES string of the molecule is Cc1c(-c2ccc(Cl)cc2)c(-c2ccc(S(N)(=O)=O)cc2)c2n1CC(C)(C)C2. The number of sulfonamides is 1. The van der Waals surface area contributed by atoms with Crippen molar-refractivity contribution in [3.05, 3.63) is 64.9 Å². The first-order valence-electron chi connectivity index (χ1n) is 9.18. The summed E-state index contributed by atoms with van der Waals surface area (Å²) in [5, 5.41) is 5.97. The first-order chi connectivity index (χ1) is 13.1. The van der Waals surface area contributed by atoms with Crippen LogP contribution in [-0.4, -0.2) is 13.0 Å². The second kappa shape index (κ2) is 6.48. The highest BCUT2D eigenvalue weighted by Gasteiger charge is 2.34. The van der Waals surface area contributed by atoms with E-state index in [1.165, 1.54) is 17.0 Å². The van der Waals surface area contributed by atoms with Crippen molar-refractivity contribution in [1.82, 2.24) is 4.57 Å². The van der Waals surface area contributed by atoms with E-state index in [1.807, 2.05) is 36.4 Å². The van der Waals surface area contributed by atoms with Crippen LogP contribution >= 0.6 is 11.6 Å². The molecule has 0 radical (unpaired) electrons. The van der Waals surface area contributed by atoms with E-state index in [-0.39, 0.29) is 10.3 Å². The summed E-state index contributed by atoms with van der Waals surface area (Å²) in [6, 6.07) is 14.7. The summed E-state index contributed by atoms with van der Waals surface area (Å²) >= 11 is 6.09. The molecule has 0 aliphatic carbocycles. The summed E-state index contributed by atoms with van der Waals surface area (Å²) in [7, 11) is -3.71. The minimum absolute atomic E-state index is 0.122. The van der Waals surface area contributed by atoms with Gasteiger partial charge in [-0.1, -0.05) is 49.7 Å². The molecule has 0 spiro atoms. The molecule has 6 heteroatoms. The van der Waals surface area contributed by atoms with Crippen molar-refractivity contribution in [3.8, 4) is 22.3 Å². The first-order valence-corrected chi connectivity index (χ1v) is 11.1. The van der Waals surface area contributed by atoms with E-state index < -0.39 is 10.0 Å². The third kappa shape index (κ3) is 3.28. The summed E-state index contributed by atoms with van der Waals surface area (Å²) in [6.07, 6.45) is 0.966. The molecule has 0 atom stereocenters. The van der Waals surface area contributed by atoms with Gasteiger partial charge in [0.2, 0.25) is 10.0 Å². The van der Waals surface area contributed by atoms with Crippen LogP contribution in [-0.2, 0) is 23.0 Å². The Morgan fingerprint density at radius 3 is 2.07 bits per heavy atom. The molecule has 0 amide bonds. The highest BCUT2D eigenvalue weighted by atomic mass is 35.5. The molecule has 0 saturated carbocycles. The summed E-state index contributed by atoms with van der Waals surface area (Å²) in [5.41, 5.74) is 7.12. The number of hydrogen-bond donors (Lipinski definition) is 1. The molecule has 2 aromatic carbocycles. The zero-order valence-electron chi connectivity index (χ0n) is 16.2. The summed E-state index contributed by atoms with van der Waals surface area (Å²) in [4.78, 5) is 0.122. The molecule has 4 nitrogen and oxygen atoms in total. The van der Waals surface area contributed by atoms with Crippen LogP contribution in [0.4, 0.5) is 0 Å². The number of nitrogens with zero attached hydrogens (tertiary/aromatic N) is 1. The highest BCUT2D eigenvalue weighted by Crippen LogP contribution is 2.46. The lowest BCUT2D eigenvalue weighted by Gasteiger charge is -2.18. The molecular formula is C22H23ClN2O2S. The second-order valence-electron chi connectivity index (χ2n) is 8.29. The topological polar surface area (TPSA) is 65.1 Å². The predicted molar refractivity (Wildman–Crippen MR) is 114 cm³/mol. The molecule has 146 valence electrons. The molecule has 1 aliphatic heterocycles. The number of benzene rings is 2. The van der Waals surface area contributed by atoms with Crippen LogP contribution in [0.5, 0.6) is 0 Å². The predicted octanol–water partition coefficient (Wildman–Crippen LogP) is 5.01. The Balaban J connectivity index is 1.95. The minimum atomic E-state index is -3.71. The quantitative estimate of drug-likeness (QED) is 0.654. The van der Waals surface area contributed by atoms with Crippen LogP contribution in [0.1, 0.15) is 25.2 Å². The minimum Gasteiger partial charge on any atom is -0.347 e. The van der Waals surface area contributed by atoms with Gasteiger partial charge in [0.05, 0.1) is 4.90 Å².